The van der Waals surface area contributed by atoms with Gasteiger partial charge in [0, 0.05) is 58.0 Å². The van der Waals surface area contributed by atoms with Crippen molar-refractivity contribution in [1.82, 2.24) is 14.7 Å². The first kappa shape index (κ1) is 19.1. The molecule has 26 heavy (non-hydrogen) atoms. The number of nitrogens with zero attached hydrogens (tertiary/aromatic N) is 3. The minimum Gasteiger partial charge on any atom is -0.379 e. The summed E-state index contributed by atoms with van der Waals surface area (Å²) in [6.07, 6.45) is 0.923. The number of carbonyl (C=O) groups is 1. The Kier molecular flexibility index (Phi) is 6.88. The van der Waals surface area contributed by atoms with E-state index in [1.165, 1.54) is 5.56 Å². The molecule has 1 N–H and O–H groups in total. The van der Waals surface area contributed by atoms with E-state index < -0.39 is 0 Å². The standard InChI is InChI=1S/C20H32N4O2/c1-3-18-6-4-5-17(2)19(18)21-20(25)24-11-9-22(10-12-24)7-8-23-13-15-26-16-14-23/h4-6H,3,7-16H2,1-2H3,(H,21,25). The van der Waals surface area contributed by atoms with Gasteiger partial charge in [-0.1, -0.05) is 25.1 Å². The van der Waals surface area contributed by atoms with E-state index in [1.54, 1.807) is 0 Å². The van der Waals surface area contributed by atoms with Gasteiger partial charge in [-0.05, 0) is 24.5 Å². The van der Waals surface area contributed by atoms with Crippen LogP contribution in [0.3, 0.4) is 0 Å². The first-order valence-electron chi connectivity index (χ1n) is 9.84. The Balaban J connectivity index is 1.45. The molecule has 2 amide bonds. The van der Waals surface area contributed by atoms with E-state index in [-0.39, 0.29) is 6.03 Å². The van der Waals surface area contributed by atoms with Crippen molar-refractivity contribution in [3.63, 3.8) is 0 Å². The summed E-state index contributed by atoms with van der Waals surface area (Å²) in [5, 5.41) is 3.14. The lowest BCUT2D eigenvalue weighted by Crippen LogP contribution is -2.52. The third kappa shape index (κ3) is 4.96. The molecule has 1 aromatic carbocycles. The summed E-state index contributed by atoms with van der Waals surface area (Å²) in [5.74, 6) is 0. The van der Waals surface area contributed by atoms with Gasteiger partial charge < -0.3 is 15.0 Å². The summed E-state index contributed by atoms with van der Waals surface area (Å²) in [6.45, 7) is 13.6. The predicted octanol–water partition coefficient (Wildman–Crippen LogP) is 2.04. The Morgan fingerprint density at radius 1 is 1.04 bits per heavy atom. The van der Waals surface area contributed by atoms with Gasteiger partial charge in [-0.2, -0.15) is 0 Å². The van der Waals surface area contributed by atoms with Crippen LogP contribution < -0.4 is 5.32 Å². The average Bonchev–Trinajstić information content (AvgIpc) is 2.69. The van der Waals surface area contributed by atoms with Crippen molar-refractivity contribution in [2.24, 2.45) is 0 Å². The average molecular weight is 361 g/mol. The van der Waals surface area contributed by atoms with Crippen molar-refractivity contribution in [3.05, 3.63) is 29.3 Å². The zero-order valence-electron chi connectivity index (χ0n) is 16.2. The van der Waals surface area contributed by atoms with Crippen molar-refractivity contribution >= 4 is 11.7 Å². The molecule has 0 spiro atoms. The lowest BCUT2D eigenvalue weighted by atomic mass is 10.1. The number of para-hydroxylation sites is 1. The van der Waals surface area contributed by atoms with Crippen LogP contribution in [0.15, 0.2) is 18.2 Å². The Labute approximate surface area is 157 Å². The summed E-state index contributed by atoms with van der Waals surface area (Å²) in [4.78, 5) is 19.5. The number of ether oxygens (including phenoxy) is 1. The van der Waals surface area contributed by atoms with E-state index in [2.05, 4.69) is 47.2 Å². The molecule has 3 rings (SSSR count). The molecule has 2 fully saturated rings. The van der Waals surface area contributed by atoms with Crippen molar-refractivity contribution in [2.45, 2.75) is 20.3 Å². The highest BCUT2D eigenvalue weighted by atomic mass is 16.5. The van der Waals surface area contributed by atoms with Crippen LogP contribution in [0.1, 0.15) is 18.1 Å². The highest BCUT2D eigenvalue weighted by molar-refractivity contribution is 5.91. The van der Waals surface area contributed by atoms with E-state index in [4.69, 9.17) is 4.74 Å². The SMILES string of the molecule is CCc1cccc(C)c1NC(=O)N1CCN(CCN2CCOCC2)CC1. The number of carbonyl (C=O) groups excluding carboxylic acids is 1. The molecule has 0 bridgehead atoms. The van der Waals surface area contributed by atoms with Crippen LogP contribution in [-0.4, -0.2) is 86.3 Å². The molecule has 144 valence electrons. The molecule has 0 unspecified atom stereocenters. The van der Waals surface area contributed by atoms with Gasteiger partial charge in [-0.25, -0.2) is 4.79 Å². The fraction of sp³-hybridized carbons (Fsp3) is 0.650. The highest BCUT2D eigenvalue weighted by Crippen LogP contribution is 2.21. The number of rotatable bonds is 5. The monoisotopic (exact) mass is 360 g/mol. The molecule has 6 heteroatoms. The first-order chi connectivity index (χ1) is 12.7. The van der Waals surface area contributed by atoms with Gasteiger partial charge >= 0.3 is 6.03 Å². The normalized spacial score (nSPS) is 19.5. The fourth-order valence-electron chi connectivity index (χ4n) is 3.67. The Bertz CT molecular complexity index is 593. The largest absolute Gasteiger partial charge is 0.379 e. The number of anilines is 1. The number of morpholine rings is 1. The number of hydrogen-bond acceptors (Lipinski definition) is 4. The number of hydrogen-bond donors (Lipinski definition) is 1. The number of aryl methyl sites for hydroxylation is 2. The molecule has 0 saturated carbocycles. The molecule has 2 saturated heterocycles. The zero-order chi connectivity index (χ0) is 18.4. The molecule has 0 radical (unpaired) electrons. The lowest BCUT2D eigenvalue weighted by Gasteiger charge is -2.36. The summed E-state index contributed by atoms with van der Waals surface area (Å²) in [7, 11) is 0. The van der Waals surface area contributed by atoms with E-state index in [0.717, 1.165) is 83.2 Å². The molecular weight excluding hydrogens is 328 g/mol. The smallest absolute Gasteiger partial charge is 0.321 e. The fourth-order valence-corrected chi connectivity index (χ4v) is 3.67. The van der Waals surface area contributed by atoms with Crippen LogP contribution in [0, 0.1) is 6.92 Å². The second kappa shape index (κ2) is 9.35. The second-order valence-electron chi connectivity index (χ2n) is 7.18. The molecule has 2 heterocycles. The van der Waals surface area contributed by atoms with Gasteiger partial charge in [0.15, 0.2) is 0 Å². The minimum absolute atomic E-state index is 0.0295. The van der Waals surface area contributed by atoms with Gasteiger partial charge in [0.2, 0.25) is 0 Å². The van der Waals surface area contributed by atoms with Gasteiger partial charge in [0.05, 0.1) is 13.2 Å². The number of benzene rings is 1. The molecule has 2 aliphatic rings. The van der Waals surface area contributed by atoms with Crippen molar-refractivity contribution in [2.75, 3.05) is 70.9 Å². The number of amides is 2. The zero-order valence-corrected chi connectivity index (χ0v) is 16.2. The minimum atomic E-state index is 0.0295. The quantitative estimate of drug-likeness (QED) is 0.873. The number of nitrogens with one attached hydrogen (secondary N) is 1. The van der Waals surface area contributed by atoms with Crippen molar-refractivity contribution in [1.29, 1.82) is 0 Å². The van der Waals surface area contributed by atoms with Crippen LogP contribution in [0.2, 0.25) is 0 Å². The van der Waals surface area contributed by atoms with Crippen LogP contribution in [0.5, 0.6) is 0 Å². The third-order valence-electron chi connectivity index (χ3n) is 5.47. The summed E-state index contributed by atoms with van der Waals surface area (Å²) in [6, 6.07) is 6.23. The number of urea groups is 1. The lowest BCUT2D eigenvalue weighted by molar-refractivity contribution is 0.0311. The van der Waals surface area contributed by atoms with E-state index >= 15 is 0 Å². The first-order valence-corrected chi connectivity index (χ1v) is 9.84. The maximum atomic E-state index is 12.7. The van der Waals surface area contributed by atoms with Gasteiger partial charge in [0.25, 0.3) is 0 Å². The van der Waals surface area contributed by atoms with Crippen LogP contribution >= 0.6 is 0 Å². The Morgan fingerprint density at radius 2 is 1.69 bits per heavy atom. The van der Waals surface area contributed by atoms with Crippen LogP contribution in [-0.2, 0) is 11.2 Å². The van der Waals surface area contributed by atoms with Crippen LogP contribution in [0.4, 0.5) is 10.5 Å². The molecule has 6 nitrogen and oxygen atoms in total. The molecule has 0 aliphatic carbocycles. The maximum Gasteiger partial charge on any atom is 0.321 e. The Hall–Kier alpha value is -1.63. The maximum absolute atomic E-state index is 12.7. The molecular formula is C20H32N4O2. The van der Waals surface area contributed by atoms with Gasteiger partial charge in [0.1, 0.15) is 0 Å². The van der Waals surface area contributed by atoms with E-state index in [0.29, 0.717) is 0 Å². The molecule has 0 aromatic heterocycles. The molecule has 2 aliphatic heterocycles. The topological polar surface area (TPSA) is 48.1 Å². The van der Waals surface area contributed by atoms with Crippen molar-refractivity contribution < 1.29 is 9.53 Å². The predicted molar refractivity (Wildman–Crippen MR) is 105 cm³/mol. The molecule has 1 aromatic rings. The summed E-state index contributed by atoms with van der Waals surface area (Å²) in [5.41, 5.74) is 3.30. The highest BCUT2D eigenvalue weighted by Gasteiger charge is 2.22. The summed E-state index contributed by atoms with van der Waals surface area (Å²) < 4.78 is 5.40. The van der Waals surface area contributed by atoms with Crippen LogP contribution in [0.25, 0.3) is 0 Å². The Morgan fingerprint density at radius 3 is 2.35 bits per heavy atom. The van der Waals surface area contributed by atoms with E-state index in [1.807, 2.05) is 4.90 Å². The molecule has 0 atom stereocenters. The third-order valence-corrected chi connectivity index (χ3v) is 5.47. The van der Waals surface area contributed by atoms with Gasteiger partial charge in [-0.3, -0.25) is 9.80 Å². The second-order valence-corrected chi connectivity index (χ2v) is 7.18. The van der Waals surface area contributed by atoms with Crippen molar-refractivity contribution in [3.8, 4) is 0 Å². The van der Waals surface area contributed by atoms with E-state index in [9.17, 15) is 4.79 Å². The number of piperazine rings is 1. The van der Waals surface area contributed by atoms with Gasteiger partial charge in [-0.15, -0.1) is 0 Å². The summed E-state index contributed by atoms with van der Waals surface area (Å²) >= 11 is 0.